The molecule has 0 aromatic carbocycles. The van der Waals surface area contributed by atoms with Gasteiger partial charge in [0.15, 0.2) is 5.92 Å². The lowest BCUT2D eigenvalue weighted by Crippen LogP contribution is -2.54. The van der Waals surface area contributed by atoms with Crippen molar-refractivity contribution >= 4 is 11.9 Å². The Morgan fingerprint density at radius 2 is 1.95 bits per heavy atom. The predicted molar refractivity (Wildman–Crippen MR) is 73.1 cm³/mol. The molecular weight excluding hydrogens is 260 g/mol. The normalized spacial score (nSPS) is 26.9. The second-order valence-corrected chi connectivity index (χ2v) is 5.62. The maximum absolute atomic E-state index is 11.7. The van der Waals surface area contributed by atoms with E-state index in [0.717, 1.165) is 39.0 Å². The Balaban J connectivity index is 1.93. The summed E-state index contributed by atoms with van der Waals surface area (Å²) in [5.41, 5.74) is 0. The summed E-state index contributed by atoms with van der Waals surface area (Å²) in [6.45, 7) is 4.19. The van der Waals surface area contributed by atoms with E-state index in [9.17, 15) is 9.59 Å². The van der Waals surface area contributed by atoms with Crippen LogP contribution in [0, 0.1) is 11.8 Å². The molecule has 20 heavy (non-hydrogen) atoms. The molecule has 2 fully saturated rings. The first-order valence-corrected chi connectivity index (χ1v) is 7.26. The molecule has 0 amide bonds. The predicted octanol–water partition coefficient (Wildman–Crippen LogP) is 0.0225. The zero-order valence-corrected chi connectivity index (χ0v) is 12.3. The zero-order valence-electron chi connectivity index (χ0n) is 12.3. The highest BCUT2D eigenvalue weighted by atomic mass is 16.5. The highest BCUT2D eigenvalue weighted by Gasteiger charge is 2.36. The average Bonchev–Trinajstić information content (AvgIpc) is 2.51. The van der Waals surface area contributed by atoms with Crippen molar-refractivity contribution in [3.8, 4) is 0 Å². The SMILES string of the molecule is COC(=O)C(CC1CCN2CCNCC2C1)C(=O)OC. The van der Waals surface area contributed by atoms with Crippen molar-refractivity contribution in [2.75, 3.05) is 40.4 Å². The number of esters is 2. The van der Waals surface area contributed by atoms with Crippen molar-refractivity contribution in [3.63, 3.8) is 0 Å². The van der Waals surface area contributed by atoms with Crippen LogP contribution in [-0.4, -0.2) is 63.3 Å². The molecule has 2 atom stereocenters. The Morgan fingerprint density at radius 1 is 1.25 bits per heavy atom. The molecule has 0 spiro atoms. The zero-order chi connectivity index (χ0) is 14.5. The van der Waals surface area contributed by atoms with E-state index in [1.807, 2.05) is 0 Å². The lowest BCUT2D eigenvalue weighted by molar-refractivity contribution is -0.160. The minimum absolute atomic E-state index is 0.374. The number of rotatable bonds is 4. The molecule has 2 heterocycles. The van der Waals surface area contributed by atoms with E-state index in [-0.39, 0.29) is 0 Å². The summed E-state index contributed by atoms with van der Waals surface area (Å²) in [5, 5.41) is 3.40. The van der Waals surface area contributed by atoms with E-state index in [1.165, 1.54) is 14.2 Å². The number of ether oxygens (including phenoxy) is 2. The Hall–Kier alpha value is -1.14. The maximum Gasteiger partial charge on any atom is 0.320 e. The summed E-state index contributed by atoms with van der Waals surface area (Å²) >= 11 is 0. The fraction of sp³-hybridized carbons (Fsp3) is 0.857. The van der Waals surface area contributed by atoms with Gasteiger partial charge in [0.2, 0.25) is 0 Å². The molecule has 1 N–H and O–H groups in total. The summed E-state index contributed by atoms with van der Waals surface area (Å²) < 4.78 is 9.44. The number of piperidine rings is 1. The largest absolute Gasteiger partial charge is 0.468 e. The van der Waals surface area contributed by atoms with E-state index >= 15 is 0 Å². The summed E-state index contributed by atoms with van der Waals surface area (Å²) in [6.07, 6.45) is 2.59. The lowest BCUT2D eigenvalue weighted by atomic mass is 9.83. The fourth-order valence-electron chi connectivity index (χ4n) is 3.30. The molecule has 0 aliphatic carbocycles. The quantitative estimate of drug-likeness (QED) is 0.580. The number of carbonyl (C=O) groups excluding carboxylic acids is 2. The van der Waals surface area contributed by atoms with Crippen molar-refractivity contribution < 1.29 is 19.1 Å². The van der Waals surface area contributed by atoms with Crippen LogP contribution in [0.3, 0.4) is 0 Å². The van der Waals surface area contributed by atoms with E-state index in [0.29, 0.717) is 18.4 Å². The summed E-state index contributed by atoms with van der Waals surface area (Å²) in [5.74, 6) is -1.38. The fourth-order valence-corrected chi connectivity index (χ4v) is 3.30. The summed E-state index contributed by atoms with van der Waals surface area (Å²) in [7, 11) is 2.62. The lowest BCUT2D eigenvalue weighted by Gasteiger charge is -2.43. The van der Waals surface area contributed by atoms with Crippen LogP contribution in [0.5, 0.6) is 0 Å². The number of fused-ring (bicyclic) bond motifs is 1. The highest BCUT2D eigenvalue weighted by Crippen LogP contribution is 2.29. The van der Waals surface area contributed by atoms with Gasteiger partial charge in [-0.05, 0) is 31.7 Å². The molecule has 0 radical (unpaired) electrons. The first-order chi connectivity index (χ1) is 9.65. The van der Waals surface area contributed by atoms with Gasteiger partial charge < -0.3 is 14.8 Å². The molecule has 0 aromatic heterocycles. The first kappa shape index (κ1) is 15.3. The number of nitrogens with one attached hydrogen (secondary N) is 1. The van der Waals surface area contributed by atoms with Gasteiger partial charge in [0, 0.05) is 25.7 Å². The van der Waals surface area contributed by atoms with Gasteiger partial charge in [0.05, 0.1) is 14.2 Å². The number of nitrogens with zero attached hydrogens (tertiary/aromatic N) is 1. The van der Waals surface area contributed by atoms with Gasteiger partial charge >= 0.3 is 11.9 Å². The smallest absolute Gasteiger partial charge is 0.320 e. The molecule has 6 nitrogen and oxygen atoms in total. The topological polar surface area (TPSA) is 67.9 Å². The number of methoxy groups -OCH3 is 2. The van der Waals surface area contributed by atoms with Gasteiger partial charge in [0.1, 0.15) is 0 Å². The minimum atomic E-state index is -0.780. The van der Waals surface area contributed by atoms with E-state index in [4.69, 9.17) is 9.47 Å². The number of carbonyl (C=O) groups is 2. The number of piperazine rings is 1. The second kappa shape index (κ2) is 7.04. The molecule has 6 heteroatoms. The maximum atomic E-state index is 11.7. The minimum Gasteiger partial charge on any atom is -0.468 e. The van der Waals surface area contributed by atoms with Crippen LogP contribution in [-0.2, 0) is 19.1 Å². The van der Waals surface area contributed by atoms with Crippen molar-refractivity contribution in [2.45, 2.75) is 25.3 Å². The van der Waals surface area contributed by atoms with Crippen LogP contribution < -0.4 is 5.32 Å². The Labute approximate surface area is 119 Å². The summed E-state index contributed by atoms with van der Waals surface area (Å²) in [4.78, 5) is 25.9. The van der Waals surface area contributed by atoms with Gasteiger partial charge in [-0.25, -0.2) is 0 Å². The molecule has 2 aliphatic heterocycles. The van der Waals surface area contributed by atoms with Crippen LogP contribution in [0.4, 0.5) is 0 Å². The highest BCUT2D eigenvalue weighted by molar-refractivity contribution is 5.94. The van der Waals surface area contributed by atoms with Crippen molar-refractivity contribution in [1.82, 2.24) is 10.2 Å². The Morgan fingerprint density at radius 3 is 2.60 bits per heavy atom. The molecule has 2 unspecified atom stereocenters. The number of hydrogen-bond donors (Lipinski definition) is 1. The van der Waals surface area contributed by atoms with Crippen LogP contribution >= 0.6 is 0 Å². The monoisotopic (exact) mass is 284 g/mol. The Kier molecular flexibility index (Phi) is 5.37. The van der Waals surface area contributed by atoms with Crippen molar-refractivity contribution in [1.29, 1.82) is 0 Å². The molecule has 114 valence electrons. The van der Waals surface area contributed by atoms with E-state index in [2.05, 4.69) is 10.2 Å². The molecule has 0 saturated carbocycles. The Bertz CT molecular complexity index is 345. The van der Waals surface area contributed by atoms with Gasteiger partial charge in [-0.15, -0.1) is 0 Å². The molecule has 2 saturated heterocycles. The van der Waals surface area contributed by atoms with Crippen molar-refractivity contribution in [3.05, 3.63) is 0 Å². The van der Waals surface area contributed by atoms with Gasteiger partial charge in [-0.1, -0.05) is 0 Å². The van der Waals surface area contributed by atoms with Gasteiger partial charge in [0.25, 0.3) is 0 Å². The third-order valence-corrected chi connectivity index (χ3v) is 4.44. The van der Waals surface area contributed by atoms with E-state index in [1.54, 1.807) is 0 Å². The van der Waals surface area contributed by atoms with Crippen LogP contribution in [0.25, 0.3) is 0 Å². The third-order valence-electron chi connectivity index (χ3n) is 4.44. The number of hydrogen-bond acceptors (Lipinski definition) is 6. The molecule has 2 rings (SSSR count). The summed E-state index contributed by atoms with van der Waals surface area (Å²) in [6, 6.07) is 0.526. The van der Waals surface area contributed by atoms with Crippen LogP contribution in [0.15, 0.2) is 0 Å². The molecule has 0 aromatic rings. The second-order valence-electron chi connectivity index (χ2n) is 5.62. The van der Waals surface area contributed by atoms with Crippen molar-refractivity contribution in [2.24, 2.45) is 11.8 Å². The molecular formula is C14H24N2O4. The van der Waals surface area contributed by atoms with Gasteiger partial charge in [-0.3, -0.25) is 14.5 Å². The average molecular weight is 284 g/mol. The van der Waals surface area contributed by atoms with Gasteiger partial charge in [-0.2, -0.15) is 0 Å². The standard InChI is InChI=1S/C14H24N2O4/c1-19-13(17)12(14(18)20-2)8-10-3-5-16-6-4-15-9-11(16)7-10/h10-12,15H,3-9H2,1-2H3. The van der Waals surface area contributed by atoms with E-state index < -0.39 is 17.9 Å². The van der Waals surface area contributed by atoms with Crippen LogP contribution in [0.1, 0.15) is 19.3 Å². The molecule has 2 aliphatic rings. The third kappa shape index (κ3) is 3.49. The molecule has 0 bridgehead atoms. The first-order valence-electron chi connectivity index (χ1n) is 7.26. The van der Waals surface area contributed by atoms with Crippen LogP contribution in [0.2, 0.25) is 0 Å².